The van der Waals surface area contributed by atoms with E-state index in [0.717, 1.165) is 17.5 Å². The quantitative estimate of drug-likeness (QED) is 0.922. The highest BCUT2D eigenvalue weighted by molar-refractivity contribution is 5.83. The average molecular weight is 276 g/mol. The molecule has 20 heavy (non-hydrogen) atoms. The Morgan fingerprint density at radius 3 is 2.50 bits per heavy atom. The summed E-state index contributed by atoms with van der Waals surface area (Å²) in [6.07, 6.45) is 2.19. The molecular formula is C16H20O4. The van der Waals surface area contributed by atoms with Gasteiger partial charge in [0.2, 0.25) is 0 Å². The third-order valence-electron chi connectivity index (χ3n) is 4.45. The highest BCUT2D eigenvalue weighted by Crippen LogP contribution is 2.47. The van der Waals surface area contributed by atoms with Crippen molar-refractivity contribution in [2.75, 3.05) is 6.61 Å². The summed E-state index contributed by atoms with van der Waals surface area (Å²) >= 11 is 0. The second-order valence-electron chi connectivity index (χ2n) is 6.15. The maximum atomic E-state index is 11.7. The number of ether oxygens (including phenoxy) is 2. The first-order valence-electron chi connectivity index (χ1n) is 7.09. The van der Waals surface area contributed by atoms with E-state index in [1.807, 2.05) is 38.1 Å². The van der Waals surface area contributed by atoms with Gasteiger partial charge in [0.05, 0.1) is 12.0 Å². The van der Waals surface area contributed by atoms with Crippen molar-refractivity contribution in [3.63, 3.8) is 0 Å². The van der Waals surface area contributed by atoms with Crippen LogP contribution >= 0.6 is 0 Å². The molecule has 1 heterocycles. The van der Waals surface area contributed by atoms with Crippen molar-refractivity contribution in [1.82, 2.24) is 0 Å². The lowest BCUT2D eigenvalue weighted by atomic mass is 9.63. The topological polar surface area (TPSA) is 55.8 Å². The van der Waals surface area contributed by atoms with Gasteiger partial charge in [-0.3, -0.25) is 4.79 Å². The van der Waals surface area contributed by atoms with Gasteiger partial charge in [0.25, 0.3) is 0 Å². The van der Waals surface area contributed by atoms with E-state index in [1.165, 1.54) is 0 Å². The number of hydrogen-bond donors (Lipinski definition) is 1. The number of benzene rings is 1. The fraction of sp³-hybridized carbons (Fsp3) is 0.562. The molecule has 4 nitrogen and oxygen atoms in total. The van der Waals surface area contributed by atoms with Crippen LogP contribution in [-0.4, -0.2) is 23.5 Å². The van der Waals surface area contributed by atoms with Crippen molar-refractivity contribution in [3.8, 4) is 0 Å². The van der Waals surface area contributed by atoms with Crippen molar-refractivity contribution in [2.45, 2.75) is 50.4 Å². The third kappa shape index (κ3) is 2.03. The Labute approximate surface area is 118 Å². The Morgan fingerprint density at radius 1 is 1.30 bits per heavy atom. The predicted octanol–water partition coefficient (Wildman–Crippen LogP) is 3.02. The smallest absolute Gasteiger partial charge is 0.314 e. The fourth-order valence-corrected chi connectivity index (χ4v) is 3.18. The van der Waals surface area contributed by atoms with Crippen LogP contribution in [0, 0.1) is 0 Å². The Bertz CT molecular complexity index is 531. The minimum absolute atomic E-state index is 0.182. The largest absolute Gasteiger partial charge is 0.481 e. The number of carboxylic acid groups (broad SMARTS) is 1. The average Bonchev–Trinajstić information content (AvgIpc) is 2.68. The molecule has 1 N–H and O–H groups in total. The van der Waals surface area contributed by atoms with Gasteiger partial charge in [-0.05, 0) is 37.8 Å². The summed E-state index contributed by atoms with van der Waals surface area (Å²) in [6.45, 7) is 4.23. The maximum Gasteiger partial charge on any atom is 0.314 e. The van der Waals surface area contributed by atoms with Crippen molar-refractivity contribution in [2.24, 2.45) is 0 Å². The fourth-order valence-electron chi connectivity index (χ4n) is 3.18. The van der Waals surface area contributed by atoms with Gasteiger partial charge in [0.1, 0.15) is 6.10 Å². The Morgan fingerprint density at radius 2 is 2.00 bits per heavy atom. The molecule has 1 saturated heterocycles. The van der Waals surface area contributed by atoms with Gasteiger partial charge in [-0.15, -0.1) is 0 Å². The molecule has 1 aromatic rings. The molecule has 3 rings (SSSR count). The van der Waals surface area contributed by atoms with Gasteiger partial charge < -0.3 is 14.6 Å². The molecule has 2 fully saturated rings. The summed E-state index contributed by atoms with van der Waals surface area (Å²) in [5.41, 5.74) is 1.12. The van der Waals surface area contributed by atoms with Crippen LogP contribution in [0.2, 0.25) is 0 Å². The van der Waals surface area contributed by atoms with E-state index >= 15 is 0 Å². The molecule has 108 valence electrons. The summed E-state index contributed by atoms with van der Waals surface area (Å²) in [7, 11) is 0. The minimum Gasteiger partial charge on any atom is -0.481 e. The van der Waals surface area contributed by atoms with E-state index in [1.54, 1.807) is 0 Å². The molecule has 1 unspecified atom stereocenters. The van der Waals surface area contributed by atoms with E-state index < -0.39 is 17.2 Å². The van der Waals surface area contributed by atoms with Crippen LogP contribution in [0.1, 0.15) is 50.3 Å². The zero-order valence-electron chi connectivity index (χ0n) is 11.9. The van der Waals surface area contributed by atoms with Gasteiger partial charge in [-0.2, -0.15) is 0 Å². The minimum atomic E-state index is -0.729. The van der Waals surface area contributed by atoms with Crippen molar-refractivity contribution in [1.29, 1.82) is 0 Å². The lowest BCUT2D eigenvalue weighted by Gasteiger charge is -2.40. The number of hydrogen-bond acceptors (Lipinski definition) is 3. The third-order valence-corrected chi connectivity index (χ3v) is 4.45. The molecule has 0 spiro atoms. The molecule has 2 aliphatic rings. The molecule has 0 amide bonds. The second-order valence-corrected chi connectivity index (χ2v) is 6.15. The first-order chi connectivity index (χ1) is 9.45. The molecule has 0 aromatic heterocycles. The Kier molecular flexibility index (Phi) is 3.10. The van der Waals surface area contributed by atoms with Crippen molar-refractivity contribution >= 4 is 5.97 Å². The van der Waals surface area contributed by atoms with E-state index in [9.17, 15) is 9.90 Å². The molecule has 1 atom stereocenters. The van der Waals surface area contributed by atoms with Gasteiger partial charge in [-0.25, -0.2) is 0 Å². The van der Waals surface area contributed by atoms with Gasteiger partial charge in [0, 0.05) is 0 Å². The lowest BCUT2D eigenvalue weighted by molar-refractivity contribution is -0.147. The molecular weight excluding hydrogens is 256 g/mol. The van der Waals surface area contributed by atoms with Gasteiger partial charge in [0.15, 0.2) is 5.79 Å². The number of carbonyl (C=O) groups is 1. The zero-order chi connectivity index (χ0) is 14.4. The molecule has 0 bridgehead atoms. The first-order valence-corrected chi connectivity index (χ1v) is 7.09. The zero-order valence-corrected chi connectivity index (χ0v) is 11.9. The summed E-state index contributed by atoms with van der Waals surface area (Å²) in [5.74, 6) is -1.33. The van der Waals surface area contributed by atoms with E-state index in [2.05, 4.69) is 0 Å². The molecule has 1 aliphatic carbocycles. The van der Waals surface area contributed by atoms with Crippen LogP contribution in [0.15, 0.2) is 24.3 Å². The highest BCUT2D eigenvalue weighted by atomic mass is 16.7. The first kappa shape index (κ1) is 13.6. The molecule has 1 aliphatic heterocycles. The van der Waals surface area contributed by atoms with Crippen molar-refractivity contribution in [3.05, 3.63) is 35.4 Å². The van der Waals surface area contributed by atoms with E-state index in [-0.39, 0.29) is 6.10 Å². The summed E-state index contributed by atoms with van der Waals surface area (Å²) in [5, 5.41) is 9.64. The summed E-state index contributed by atoms with van der Waals surface area (Å²) < 4.78 is 11.5. The summed E-state index contributed by atoms with van der Waals surface area (Å²) in [4.78, 5) is 11.7. The number of aliphatic carboxylic acids is 1. The van der Waals surface area contributed by atoms with Crippen molar-refractivity contribution < 1.29 is 19.4 Å². The van der Waals surface area contributed by atoms with Crippen LogP contribution in [0.3, 0.4) is 0 Å². The Balaban J connectivity index is 1.99. The normalized spacial score (nSPS) is 27.0. The van der Waals surface area contributed by atoms with Crippen LogP contribution in [-0.2, 0) is 19.7 Å². The molecule has 1 aromatic carbocycles. The monoisotopic (exact) mass is 276 g/mol. The Hall–Kier alpha value is -1.39. The van der Waals surface area contributed by atoms with Crippen LogP contribution in [0.25, 0.3) is 0 Å². The molecule has 0 radical (unpaired) electrons. The number of rotatable bonds is 3. The SMILES string of the molecule is CC1(C)OCC(c2ccccc2C2(C(=O)O)CCC2)O1. The maximum absolute atomic E-state index is 11.7. The molecule has 4 heteroatoms. The number of carboxylic acids is 1. The highest BCUT2D eigenvalue weighted by Gasteiger charge is 2.48. The lowest BCUT2D eigenvalue weighted by Crippen LogP contribution is -2.43. The van der Waals surface area contributed by atoms with Gasteiger partial charge >= 0.3 is 5.97 Å². The molecule has 1 saturated carbocycles. The van der Waals surface area contributed by atoms with Crippen LogP contribution in [0.5, 0.6) is 0 Å². The predicted molar refractivity (Wildman–Crippen MR) is 73.5 cm³/mol. The van der Waals surface area contributed by atoms with E-state index in [4.69, 9.17) is 9.47 Å². The van der Waals surface area contributed by atoms with Crippen LogP contribution in [0.4, 0.5) is 0 Å². The van der Waals surface area contributed by atoms with Crippen LogP contribution < -0.4 is 0 Å². The second kappa shape index (κ2) is 4.57. The summed E-state index contributed by atoms with van der Waals surface area (Å²) in [6, 6.07) is 7.73. The van der Waals surface area contributed by atoms with Gasteiger partial charge in [-0.1, -0.05) is 30.7 Å². The van der Waals surface area contributed by atoms with E-state index in [0.29, 0.717) is 19.4 Å². The standard InChI is InChI=1S/C16H20O4/c1-15(2)19-10-13(20-15)11-6-3-4-7-12(11)16(14(17)18)8-5-9-16/h3-4,6-7,13H,5,8-10H2,1-2H3,(H,17,18).